The zero-order valence-corrected chi connectivity index (χ0v) is 45.7. The number of hydrazine groups is 1. The van der Waals surface area contributed by atoms with Gasteiger partial charge in [-0.15, -0.1) is 30.6 Å². The van der Waals surface area contributed by atoms with Crippen LogP contribution < -0.4 is 22.4 Å². The monoisotopic (exact) mass is 1270 g/mol. The quantitative estimate of drug-likeness (QED) is 0.0436. The number of hydrazone groups is 1. The minimum absolute atomic E-state index is 0. The van der Waals surface area contributed by atoms with Crippen LogP contribution >= 0.6 is 0 Å². The van der Waals surface area contributed by atoms with Gasteiger partial charge in [-0.2, -0.15) is 10.4 Å². The second-order valence-electron chi connectivity index (χ2n) is 15.7. The summed E-state index contributed by atoms with van der Waals surface area (Å²) in [6.45, 7) is 1.08. The molecule has 0 aliphatic carbocycles. The van der Waals surface area contributed by atoms with Crippen molar-refractivity contribution in [1.82, 2.24) is 78.7 Å². The second kappa shape index (κ2) is 33.0. The van der Waals surface area contributed by atoms with Crippen molar-refractivity contribution < 1.29 is 31.0 Å². The van der Waals surface area contributed by atoms with E-state index < -0.39 is 5.97 Å². The molecule has 0 atom stereocenters. The van der Waals surface area contributed by atoms with Gasteiger partial charge in [0.2, 0.25) is 0 Å². The van der Waals surface area contributed by atoms with Crippen molar-refractivity contribution in [2.24, 2.45) is 16.7 Å². The van der Waals surface area contributed by atoms with Gasteiger partial charge in [0.15, 0.2) is 40.3 Å². The number of aliphatic carboxylic acids is 1. The number of nitrogen functional groups attached to an aromatic ring is 1. The number of pyridine rings is 10. The largest absolute Gasteiger partial charge is 0.481 e. The Labute approximate surface area is 483 Å². The number of hydrogen-bond acceptors (Lipinski definition) is 19. The van der Waals surface area contributed by atoms with Crippen LogP contribution in [0, 0.1) is 11.3 Å². The fraction of sp³-hybridized carbons (Fsp3) is 0.0175. The molecule has 13 aromatic rings. The topological polar surface area (TPSA) is 330 Å². The molecule has 0 fully saturated rings. The number of aromatic nitrogens is 16. The molecule has 0 bridgehead atoms. The molecular formula is C57H50N22O2Pt. The summed E-state index contributed by atoms with van der Waals surface area (Å²) in [5.74, 6) is 8.17. The third kappa shape index (κ3) is 18.7. The Balaban J connectivity index is 0.000000158. The maximum atomic E-state index is 9.00. The number of carboxylic acids is 1. The molecule has 13 heterocycles. The van der Waals surface area contributed by atoms with Crippen LogP contribution in [-0.2, 0) is 25.9 Å². The van der Waals surface area contributed by atoms with Crippen LogP contribution in [0.25, 0.3) is 51.5 Å². The van der Waals surface area contributed by atoms with Gasteiger partial charge < -0.3 is 16.3 Å². The number of carboxylic acid groups (broad SMARTS) is 1. The molecule has 0 amide bonds. The summed E-state index contributed by atoms with van der Waals surface area (Å²) in [6.07, 6.45) is 17.6. The van der Waals surface area contributed by atoms with Crippen LogP contribution in [0.3, 0.4) is 0 Å². The zero-order chi connectivity index (χ0) is 56.7. The van der Waals surface area contributed by atoms with Gasteiger partial charge in [0, 0.05) is 90.0 Å². The summed E-state index contributed by atoms with van der Waals surface area (Å²) in [5, 5.41) is 44.2. The number of nitriles is 1. The van der Waals surface area contributed by atoms with Gasteiger partial charge in [0.05, 0.1) is 0 Å². The van der Waals surface area contributed by atoms with E-state index in [0.29, 0.717) is 28.9 Å². The Bertz CT molecular complexity index is 3710. The Morgan fingerprint density at radius 3 is 1.13 bits per heavy atom. The first-order valence-electron chi connectivity index (χ1n) is 24.2. The average molecular weight is 1270 g/mol. The number of hydrogen-bond donors (Lipinski definition) is 5. The fourth-order valence-electron chi connectivity index (χ4n) is 6.53. The summed E-state index contributed by atoms with van der Waals surface area (Å²) >= 11 is 0. The van der Waals surface area contributed by atoms with E-state index in [-0.39, 0.29) is 21.1 Å². The average Bonchev–Trinajstić information content (AvgIpc) is 4.52. The molecule has 410 valence electrons. The minimum Gasteiger partial charge on any atom is -0.481 e. The van der Waals surface area contributed by atoms with Crippen LogP contribution in [0.15, 0.2) is 249 Å². The normalized spacial score (nSPS) is 9.94. The molecule has 0 aromatic carbocycles. The first-order valence-corrected chi connectivity index (χ1v) is 24.2. The molecule has 0 aliphatic heterocycles. The molecule has 7 N–H and O–H groups in total. The van der Waals surface area contributed by atoms with E-state index in [1.54, 1.807) is 79.8 Å². The number of fused-ring (bicyclic) bond motifs is 3. The Kier molecular flexibility index (Phi) is 24.1. The van der Waals surface area contributed by atoms with Crippen molar-refractivity contribution in [3.63, 3.8) is 0 Å². The first kappa shape index (κ1) is 59.8. The van der Waals surface area contributed by atoms with Crippen molar-refractivity contribution >= 4 is 40.4 Å². The Hall–Kier alpha value is -11.4. The Morgan fingerprint density at radius 2 is 0.829 bits per heavy atom. The summed E-state index contributed by atoms with van der Waals surface area (Å²) in [4.78, 5) is 37.5. The van der Waals surface area contributed by atoms with Gasteiger partial charge in [-0.3, -0.25) is 43.4 Å². The molecule has 13 aromatic heterocycles. The van der Waals surface area contributed by atoms with Crippen molar-refractivity contribution in [3.8, 4) is 40.6 Å². The van der Waals surface area contributed by atoms with Crippen molar-refractivity contribution in [1.29, 1.82) is 5.26 Å². The van der Waals surface area contributed by atoms with Crippen LogP contribution in [0.2, 0.25) is 0 Å². The summed E-state index contributed by atoms with van der Waals surface area (Å²) in [6, 6.07) is 58.2. The van der Waals surface area contributed by atoms with E-state index in [9.17, 15) is 0 Å². The molecule has 13 rings (SSSR count). The van der Waals surface area contributed by atoms with Gasteiger partial charge in [0.1, 0.15) is 46.2 Å². The van der Waals surface area contributed by atoms with E-state index >= 15 is 0 Å². The van der Waals surface area contributed by atoms with Gasteiger partial charge >= 0.3 is 0 Å². The molecule has 25 heteroatoms. The third-order valence-electron chi connectivity index (χ3n) is 10.1. The number of nitrogens with one attached hydrogen (secondary N) is 2. The molecule has 0 aliphatic rings. The maximum Gasteiger partial charge on any atom is 0.300 e. The summed E-state index contributed by atoms with van der Waals surface area (Å²) in [7, 11) is 0. The van der Waals surface area contributed by atoms with Crippen LogP contribution in [-0.4, -0.2) is 95.6 Å². The summed E-state index contributed by atoms with van der Waals surface area (Å²) in [5.41, 5.74) is 17.0. The van der Waals surface area contributed by atoms with Gasteiger partial charge in [0.25, 0.3) is 5.97 Å². The number of rotatable bonds is 7. The van der Waals surface area contributed by atoms with Gasteiger partial charge in [-0.25, -0.2) is 20.8 Å². The standard InChI is InChI=1S/C11H11N5.3C11H8N4.C6H4N2.C5H7N3.C2H4O2.Pt/c12-11(9-5-1-3-7-13-9)16-15-10-6-2-4-8-14-10;3*1-3-7-12-9(5-1)11-14-13-10-6-2-4-8-15(10)11;7-5-6-3-1-2-4-8-6;6-8-5-3-1-2-4-7-5;1-2(3)4;/h1-8H,(H2,12,16)(H,14,15);3*1-8H;1-4H;1-4H,6H2,(H,7,8);1H3,(H,3,4);. The molecule has 82 heavy (non-hydrogen) atoms. The van der Waals surface area contributed by atoms with Crippen LogP contribution in [0.1, 0.15) is 18.3 Å². The summed E-state index contributed by atoms with van der Waals surface area (Å²) < 4.78 is 5.76. The van der Waals surface area contributed by atoms with Gasteiger partial charge in [-0.05, 0) is 121 Å². The first-order chi connectivity index (χ1) is 39.8. The van der Waals surface area contributed by atoms with E-state index in [4.69, 9.17) is 26.7 Å². The SMILES string of the molecule is CC(=O)O.N#Cc1ccccn1.N/C(=N\Nc1ccccn1)c1ccccn1.NNc1ccccn1.[Pt].c1ccc(-c2nnc3ccccn23)nc1.c1ccc(-c2nnc3ccccn23)nc1.c1ccc(-c2nnc3ccccn23)nc1. The molecular weight excluding hydrogens is 1220 g/mol. The van der Waals surface area contributed by atoms with Crippen molar-refractivity contribution in [3.05, 3.63) is 255 Å². The number of nitrogens with two attached hydrogens (primary N) is 2. The minimum atomic E-state index is -0.833. The van der Waals surface area contributed by atoms with Crippen molar-refractivity contribution in [2.45, 2.75) is 6.92 Å². The number of amidine groups is 1. The number of carbonyl (C=O) groups is 1. The second-order valence-corrected chi connectivity index (χ2v) is 15.7. The third-order valence-corrected chi connectivity index (χ3v) is 10.1. The smallest absolute Gasteiger partial charge is 0.300 e. The molecule has 0 saturated heterocycles. The molecule has 0 unspecified atom stereocenters. The maximum absolute atomic E-state index is 9.00. The fourth-order valence-corrected chi connectivity index (χ4v) is 6.53. The van der Waals surface area contributed by atoms with Gasteiger partial charge in [-0.1, -0.05) is 60.7 Å². The van der Waals surface area contributed by atoms with E-state index in [1.165, 1.54) is 0 Å². The van der Waals surface area contributed by atoms with E-state index in [1.807, 2.05) is 183 Å². The molecule has 0 saturated carbocycles. The van der Waals surface area contributed by atoms with E-state index in [0.717, 1.165) is 58.4 Å². The van der Waals surface area contributed by atoms with Crippen LogP contribution in [0.5, 0.6) is 0 Å². The molecule has 0 spiro atoms. The zero-order valence-electron chi connectivity index (χ0n) is 43.5. The number of anilines is 2. The molecule has 0 radical (unpaired) electrons. The molecule has 24 nitrogen and oxygen atoms in total. The van der Waals surface area contributed by atoms with E-state index in [2.05, 4.69) is 81.4 Å². The predicted molar refractivity (Wildman–Crippen MR) is 306 cm³/mol. The number of nitrogens with zero attached hydrogens (tertiary/aromatic N) is 18. The Morgan fingerprint density at radius 1 is 0.476 bits per heavy atom. The van der Waals surface area contributed by atoms with Crippen molar-refractivity contribution in [2.75, 3.05) is 10.9 Å². The predicted octanol–water partition coefficient (Wildman–Crippen LogP) is 7.99. The van der Waals surface area contributed by atoms with Crippen LogP contribution in [0.4, 0.5) is 11.6 Å².